The van der Waals surface area contributed by atoms with E-state index in [1.54, 1.807) is 0 Å². The zero-order chi connectivity index (χ0) is 13.6. The Morgan fingerprint density at radius 2 is 2.06 bits per heavy atom. The van der Waals surface area contributed by atoms with Gasteiger partial charge in [0.2, 0.25) is 0 Å². The van der Waals surface area contributed by atoms with Gasteiger partial charge >= 0.3 is 0 Å². The van der Waals surface area contributed by atoms with Gasteiger partial charge in [-0.1, -0.05) is 37.2 Å². The van der Waals surface area contributed by atoms with E-state index < -0.39 is 5.41 Å². The van der Waals surface area contributed by atoms with Crippen LogP contribution < -0.4 is 10.5 Å². The van der Waals surface area contributed by atoms with Gasteiger partial charge in [-0.2, -0.15) is 0 Å². The first-order valence-corrected chi connectivity index (χ1v) is 5.81. The van der Waals surface area contributed by atoms with Crippen molar-refractivity contribution in [3.8, 4) is 5.75 Å². The van der Waals surface area contributed by atoms with Crippen molar-refractivity contribution in [3.63, 3.8) is 0 Å². The molecule has 0 atom stereocenters. The van der Waals surface area contributed by atoms with Gasteiger partial charge < -0.3 is 20.8 Å². The van der Waals surface area contributed by atoms with E-state index in [1.807, 2.05) is 38.1 Å². The van der Waals surface area contributed by atoms with Gasteiger partial charge in [0.1, 0.15) is 11.6 Å². The largest absolute Gasteiger partial charge is 0.493 e. The first-order chi connectivity index (χ1) is 8.51. The highest BCUT2D eigenvalue weighted by Gasteiger charge is 2.23. The van der Waals surface area contributed by atoms with E-state index in [2.05, 4.69) is 5.16 Å². The average molecular weight is 252 g/mol. The number of nitrogens with zero attached hydrogens (tertiary/aromatic N) is 1. The molecule has 1 aromatic carbocycles. The minimum Gasteiger partial charge on any atom is -0.493 e. The highest BCUT2D eigenvalue weighted by molar-refractivity contribution is 5.85. The van der Waals surface area contributed by atoms with Crippen LogP contribution in [0.25, 0.3) is 0 Å². The SMILES string of the molecule is CC(C)(CCOc1ccccc1CO)C(N)=NO. The number of aliphatic hydroxyl groups is 1. The molecule has 5 nitrogen and oxygen atoms in total. The summed E-state index contributed by atoms with van der Waals surface area (Å²) >= 11 is 0. The molecule has 0 saturated carbocycles. The number of para-hydroxylation sites is 1. The number of benzene rings is 1. The molecule has 0 spiro atoms. The van der Waals surface area contributed by atoms with E-state index in [1.165, 1.54) is 0 Å². The number of nitrogens with two attached hydrogens (primary N) is 1. The molecular weight excluding hydrogens is 232 g/mol. The van der Waals surface area contributed by atoms with Crippen molar-refractivity contribution in [2.75, 3.05) is 6.61 Å². The Hall–Kier alpha value is -1.75. The molecule has 0 unspecified atom stereocenters. The molecular formula is C13H20N2O3. The Kier molecular flexibility index (Phi) is 4.97. The second kappa shape index (κ2) is 6.26. The molecule has 18 heavy (non-hydrogen) atoms. The van der Waals surface area contributed by atoms with E-state index in [0.29, 0.717) is 18.8 Å². The van der Waals surface area contributed by atoms with Crippen LogP contribution in [0.15, 0.2) is 29.4 Å². The summed E-state index contributed by atoms with van der Waals surface area (Å²) in [4.78, 5) is 0. The van der Waals surface area contributed by atoms with Crippen LogP contribution in [0.5, 0.6) is 5.75 Å². The predicted octanol–water partition coefficient (Wildman–Crippen LogP) is 1.72. The molecule has 5 heteroatoms. The van der Waals surface area contributed by atoms with Crippen molar-refractivity contribution in [2.45, 2.75) is 26.9 Å². The highest BCUT2D eigenvalue weighted by Crippen LogP contribution is 2.23. The molecule has 0 radical (unpaired) electrons. The van der Waals surface area contributed by atoms with E-state index >= 15 is 0 Å². The second-order valence-corrected chi connectivity index (χ2v) is 4.73. The van der Waals surface area contributed by atoms with Crippen LogP contribution in [-0.2, 0) is 6.61 Å². The zero-order valence-electron chi connectivity index (χ0n) is 10.8. The monoisotopic (exact) mass is 252 g/mol. The Labute approximate surface area is 107 Å². The third-order valence-electron chi connectivity index (χ3n) is 2.93. The fourth-order valence-corrected chi connectivity index (χ4v) is 1.45. The first kappa shape index (κ1) is 14.3. The van der Waals surface area contributed by atoms with Crippen LogP contribution in [0.2, 0.25) is 0 Å². The van der Waals surface area contributed by atoms with Crippen molar-refractivity contribution in [3.05, 3.63) is 29.8 Å². The van der Waals surface area contributed by atoms with Gasteiger partial charge in [0.05, 0.1) is 13.2 Å². The summed E-state index contributed by atoms with van der Waals surface area (Å²) in [5.41, 5.74) is 5.91. The molecule has 0 amide bonds. The van der Waals surface area contributed by atoms with Crippen LogP contribution in [0.4, 0.5) is 0 Å². The molecule has 1 aromatic rings. The van der Waals surface area contributed by atoms with Gasteiger partial charge in [-0.05, 0) is 12.5 Å². The number of rotatable bonds is 6. The maximum atomic E-state index is 9.15. The molecule has 0 heterocycles. The normalized spacial score (nSPS) is 12.5. The zero-order valence-corrected chi connectivity index (χ0v) is 10.8. The second-order valence-electron chi connectivity index (χ2n) is 4.73. The van der Waals surface area contributed by atoms with Crippen molar-refractivity contribution < 1.29 is 15.1 Å². The lowest BCUT2D eigenvalue weighted by Crippen LogP contribution is -2.33. The Balaban J connectivity index is 2.56. The third kappa shape index (κ3) is 3.63. The Morgan fingerprint density at radius 3 is 2.67 bits per heavy atom. The van der Waals surface area contributed by atoms with Crippen molar-refractivity contribution in [2.24, 2.45) is 16.3 Å². The molecule has 0 fully saturated rings. The lowest BCUT2D eigenvalue weighted by atomic mass is 9.88. The number of oxime groups is 1. The van der Waals surface area contributed by atoms with Gasteiger partial charge in [-0.15, -0.1) is 0 Å². The predicted molar refractivity (Wildman–Crippen MR) is 69.7 cm³/mol. The fraction of sp³-hybridized carbons (Fsp3) is 0.462. The minimum absolute atomic E-state index is 0.0558. The third-order valence-corrected chi connectivity index (χ3v) is 2.93. The number of hydrogen-bond acceptors (Lipinski definition) is 4. The number of hydrogen-bond donors (Lipinski definition) is 3. The van der Waals surface area contributed by atoms with Crippen LogP contribution in [-0.4, -0.2) is 22.8 Å². The maximum Gasteiger partial charge on any atom is 0.144 e. The summed E-state index contributed by atoms with van der Waals surface area (Å²) in [6.45, 7) is 4.13. The summed E-state index contributed by atoms with van der Waals surface area (Å²) in [5.74, 6) is 0.844. The van der Waals surface area contributed by atoms with Gasteiger partial charge in [0.25, 0.3) is 0 Å². The molecule has 0 saturated heterocycles. The summed E-state index contributed by atoms with van der Waals surface area (Å²) < 4.78 is 5.61. The highest BCUT2D eigenvalue weighted by atomic mass is 16.5. The van der Waals surface area contributed by atoms with Crippen molar-refractivity contribution >= 4 is 5.84 Å². The van der Waals surface area contributed by atoms with Crippen LogP contribution in [0.3, 0.4) is 0 Å². The van der Waals surface area contributed by atoms with Gasteiger partial charge in [0.15, 0.2) is 0 Å². The van der Waals surface area contributed by atoms with Crippen LogP contribution in [0.1, 0.15) is 25.8 Å². The maximum absolute atomic E-state index is 9.15. The number of aliphatic hydroxyl groups excluding tert-OH is 1. The van der Waals surface area contributed by atoms with Crippen molar-refractivity contribution in [1.29, 1.82) is 0 Å². The first-order valence-electron chi connectivity index (χ1n) is 5.81. The average Bonchev–Trinajstić information content (AvgIpc) is 2.38. The molecule has 0 bridgehead atoms. The van der Waals surface area contributed by atoms with E-state index in [0.717, 1.165) is 5.56 Å². The van der Waals surface area contributed by atoms with Gasteiger partial charge in [0, 0.05) is 11.0 Å². The molecule has 0 aliphatic rings. The van der Waals surface area contributed by atoms with E-state index in [-0.39, 0.29) is 12.4 Å². The Bertz CT molecular complexity index is 416. The summed E-state index contributed by atoms with van der Waals surface area (Å²) in [7, 11) is 0. The summed E-state index contributed by atoms with van der Waals surface area (Å²) in [6, 6.07) is 7.31. The van der Waals surface area contributed by atoms with E-state index in [9.17, 15) is 0 Å². The van der Waals surface area contributed by atoms with Crippen LogP contribution >= 0.6 is 0 Å². The smallest absolute Gasteiger partial charge is 0.144 e. The quantitative estimate of drug-likeness (QED) is 0.311. The molecule has 0 aliphatic carbocycles. The fourth-order valence-electron chi connectivity index (χ4n) is 1.45. The topological polar surface area (TPSA) is 88.1 Å². The summed E-state index contributed by atoms with van der Waals surface area (Å²) in [6.07, 6.45) is 0.614. The lowest BCUT2D eigenvalue weighted by molar-refractivity contribution is 0.242. The molecule has 4 N–H and O–H groups in total. The van der Waals surface area contributed by atoms with Crippen LogP contribution in [0, 0.1) is 5.41 Å². The van der Waals surface area contributed by atoms with Gasteiger partial charge in [-0.25, -0.2) is 0 Å². The Morgan fingerprint density at radius 1 is 1.39 bits per heavy atom. The molecule has 0 aromatic heterocycles. The van der Waals surface area contributed by atoms with E-state index in [4.69, 9.17) is 20.8 Å². The van der Waals surface area contributed by atoms with Crippen molar-refractivity contribution in [1.82, 2.24) is 0 Å². The summed E-state index contributed by atoms with van der Waals surface area (Å²) in [5, 5.41) is 20.8. The molecule has 1 rings (SSSR count). The molecule has 0 aliphatic heterocycles. The van der Waals surface area contributed by atoms with Gasteiger partial charge in [-0.3, -0.25) is 0 Å². The molecule has 100 valence electrons. The minimum atomic E-state index is -0.428. The lowest BCUT2D eigenvalue weighted by Gasteiger charge is -2.22. The number of ether oxygens (including phenoxy) is 1. The standard InChI is InChI=1S/C13H20N2O3/c1-13(2,12(14)15-17)7-8-18-11-6-4-3-5-10(11)9-16/h3-6,16-17H,7-9H2,1-2H3,(H2,14,15). The number of amidine groups is 1.